The Bertz CT molecular complexity index is 1550. The Kier molecular flexibility index (Phi) is 6.00. The number of aryl methyl sites for hydroxylation is 2. The van der Waals surface area contributed by atoms with Crippen LogP contribution in [0.1, 0.15) is 44.6 Å². The van der Waals surface area contributed by atoms with Crippen molar-refractivity contribution in [2.75, 3.05) is 18.0 Å². The van der Waals surface area contributed by atoms with Gasteiger partial charge >= 0.3 is 0 Å². The molecule has 0 spiro atoms. The normalized spacial score (nSPS) is 19.8. The average Bonchev–Trinajstić information content (AvgIpc) is 3.41. The van der Waals surface area contributed by atoms with Gasteiger partial charge in [-0.3, -0.25) is 14.4 Å². The number of aromatic nitrogens is 6. The third-order valence-corrected chi connectivity index (χ3v) is 7.37. The van der Waals surface area contributed by atoms with Crippen LogP contribution < -0.4 is 10.5 Å². The standard InChI is InChI=1S/C25H30FN9O/c1-6-18-13-33(20-11-22(36)31(5)21-14-32(10-8-27)30-24(20)21)15(2)12-34(18)17(4)19-7-9-35-25(28-19)23(26)16(3)29-35/h7,9,11,14-15,17-18H,6,10,12-13H2,1-5H3/t15-,17?,18+/m0/s1. The molecule has 10 nitrogen and oxygen atoms in total. The lowest BCUT2D eigenvalue weighted by atomic mass is 10.00. The van der Waals surface area contributed by atoms with Crippen molar-refractivity contribution in [3.05, 3.63) is 52.1 Å². The Morgan fingerprint density at radius 1 is 1.31 bits per heavy atom. The van der Waals surface area contributed by atoms with Crippen molar-refractivity contribution in [3.63, 3.8) is 0 Å². The maximum Gasteiger partial charge on any atom is 0.252 e. The molecule has 4 aromatic rings. The molecule has 11 heteroatoms. The van der Waals surface area contributed by atoms with Crippen LogP contribution in [0.25, 0.3) is 16.7 Å². The quantitative estimate of drug-likeness (QED) is 0.423. The van der Waals surface area contributed by atoms with Crippen LogP contribution in [0.3, 0.4) is 0 Å². The molecule has 1 aliphatic heterocycles. The second-order valence-corrected chi connectivity index (χ2v) is 9.60. The van der Waals surface area contributed by atoms with Crippen LogP contribution in [-0.2, 0) is 13.6 Å². The molecule has 5 heterocycles. The zero-order valence-corrected chi connectivity index (χ0v) is 21.2. The van der Waals surface area contributed by atoms with Crippen molar-refractivity contribution < 1.29 is 4.39 Å². The highest BCUT2D eigenvalue weighted by molar-refractivity contribution is 5.88. The molecule has 188 valence electrons. The summed E-state index contributed by atoms with van der Waals surface area (Å²) in [5.74, 6) is -0.389. The largest absolute Gasteiger partial charge is 0.364 e. The minimum absolute atomic E-state index is 0.0299. The molecule has 0 aromatic carbocycles. The van der Waals surface area contributed by atoms with E-state index < -0.39 is 0 Å². The third kappa shape index (κ3) is 3.82. The predicted octanol–water partition coefficient (Wildman–Crippen LogP) is 2.80. The Balaban J connectivity index is 1.48. The van der Waals surface area contributed by atoms with E-state index in [4.69, 9.17) is 5.26 Å². The number of fused-ring (bicyclic) bond motifs is 2. The van der Waals surface area contributed by atoms with E-state index >= 15 is 0 Å². The maximum atomic E-state index is 14.5. The van der Waals surface area contributed by atoms with E-state index in [1.165, 1.54) is 4.52 Å². The first-order chi connectivity index (χ1) is 17.2. The summed E-state index contributed by atoms with van der Waals surface area (Å²) in [5.41, 5.74) is 3.48. The fraction of sp³-hybridized carbons (Fsp3) is 0.480. The lowest BCUT2D eigenvalue weighted by Crippen LogP contribution is -2.58. The maximum absolute atomic E-state index is 14.5. The summed E-state index contributed by atoms with van der Waals surface area (Å²) >= 11 is 0. The monoisotopic (exact) mass is 491 g/mol. The highest BCUT2D eigenvalue weighted by Gasteiger charge is 2.35. The molecule has 1 unspecified atom stereocenters. The molecule has 36 heavy (non-hydrogen) atoms. The first-order valence-electron chi connectivity index (χ1n) is 12.2. The Hall–Kier alpha value is -3.78. The number of halogens is 1. The van der Waals surface area contributed by atoms with Crippen molar-refractivity contribution in [2.45, 2.75) is 58.8 Å². The molecule has 1 fully saturated rings. The van der Waals surface area contributed by atoms with Gasteiger partial charge in [-0.25, -0.2) is 13.9 Å². The van der Waals surface area contributed by atoms with Gasteiger partial charge in [-0.05, 0) is 33.3 Å². The smallest absolute Gasteiger partial charge is 0.252 e. The van der Waals surface area contributed by atoms with Crippen LogP contribution in [0, 0.1) is 24.1 Å². The number of nitriles is 1. The molecule has 4 aromatic heterocycles. The zero-order valence-electron chi connectivity index (χ0n) is 21.2. The Morgan fingerprint density at radius 2 is 2.08 bits per heavy atom. The topological polar surface area (TPSA) is 100 Å². The van der Waals surface area contributed by atoms with Crippen LogP contribution >= 0.6 is 0 Å². The van der Waals surface area contributed by atoms with E-state index in [-0.39, 0.29) is 41.7 Å². The molecule has 0 saturated carbocycles. The van der Waals surface area contributed by atoms with Crippen LogP contribution in [0.2, 0.25) is 0 Å². The molecule has 1 saturated heterocycles. The minimum atomic E-state index is -0.389. The Morgan fingerprint density at radius 3 is 2.81 bits per heavy atom. The fourth-order valence-electron chi connectivity index (χ4n) is 5.28. The first kappa shape index (κ1) is 23.9. The van der Waals surface area contributed by atoms with E-state index in [1.807, 2.05) is 6.07 Å². The van der Waals surface area contributed by atoms with Gasteiger partial charge in [0.2, 0.25) is 0 Å². The second kappa shape index (κ2) is 9.02. The lowest BCUT2D eigenvalue weighted by Gasteiger charge is -2.48. The molecular weight excluding hydrogens is 461 g/mol. The Labute approximate surface area is 208 Å². The SMILES string of the molecule is CC[C@@H]1CN(c2cc(=O)n(C)c3cn(CC#N)nc23)[C@@H](C)CN1C(C)c1ccn2nc(C)c(F)c2n1. The van der Waals surface area contributed by atoms with Gasteiger partial charge in [-0.2, -0.15) is 15.5 Å². The van der Waals surface area contributed by atoms with Gasteiger partial charge in [-0.1, -0.05) is 6.92 Å². The van der Waals surface area contributed by atoms with Crippen molar-refractivity contribution in [2.24, 2.45) is 7.05 Å². The molecule has 3 atom stereocenters. The number of pyridine rings is 1. The number of nitrogens with zero attached hydrogens (tertiary/aromatic N) is 9. The number of anilines is 1. The molecule has 0 radical (unpaired) electrons. The fourth-order valence-corrected chi connectivity index (χ4v) is 5.28. The second-order valence-electron chi connectivity index (χ2n) is 9.60. The summed E-state index contributed by atoms with van der Waals surface area (Å²) in [4.78, 5) is 22.1. The van der Waals surface area contributed by atoms with Crippen molar-refractivity contribution in [1.29, 1.82) is 5.26 Å². The summed E-state index contributed by atoms with van der Waals surface area (Å²) in [6.45, 7) is 9.59. The van der Waals surface area contributed by atoms with E-state index in [0.29, 0.717) is 23.3 Å². The summed E-state index contributed by atoms with van der Waals surface area (Å²) in [5, 5.41) is 17.9. The molecule has 0 bridgehead atoms. The highest BCUT2D eigenvalue weighted by atomic mass is 19.1. The summed E-state index contributed by atoms with van der Waals surface area (Å²) in [7, 11) is 1.72. The van der Waals surface area contributed by atoms with Crippen LogP contribution in [-0.4, -0.2) is 59.0 Å². The van der Waals surface area contributed by atoms with Crippen LogP contribution in [0.5, 0.6) is 0 Å². The molecule has 5 rings (SSSR count). The van der Waals surface area contributed by atoms with E-state index in [9.17, 15) is 9.18 Å². The first-order valence-corrected chi connectivity index (χ1v) is 12.2. The van der Waals surface area contributed by atoms with Gasteiger partial charge in [0.1, 0.15) is 12.1 Å². The summed E-state index contributed by atoms with van der Waals surface area (Å²) < 4.78 is 19.1. The molecular formula is C25H30FN9O. The van der Waals surface area contributed by atoms with E-state index in [2.05, 4.69) is 51.8 Å². The van der Waals surface area contributed by atoms with Crippen LogP contribution in [0.15, 0.2) is 29.3 Å². The van der Waals surface area contributed by atoms with Gasteiger partial charge in [-0.15, -0.1) is 0 Å². The van der Waals surface area contributed by atoms with Gasteiger partial charge in [0.05, 0.1) is 34.9 Å². The summed E-state index contributed by atoms with van der Waals surface area (Å²) in [6.07, 6.45) is 4.41. The van der Waals surface area contributed by atoms with Crippen molar-refractivity contribution in [1.82, 2.24) is 33.8 Å². The van der Waals surface area contributed by atoms with Crippen molar-refractivity contribution in [3.8, 4) is 6.07 Å². The zero-order chi connectivity index (χ0) is 25.7. The molecule has 1 aliphatic rings. The predicted molar refractivity (Wildman–Crippen MR) is 134 cm³/mol. The van der Waals surface area contributed by atoms with E-state index in [1.54, 1.807) is 41.7 Å². The van der Waals surface area contributed by atoms with Gasteiger partial charge in [0, 0.05) is 50.5 Å². The molecule has 0 amide bonds. The number of hydrogen-bond acceptors (Lipinski definition) is 7. The number of rotatable bonds is 5. The van der Waals surface area contributed by atoms with Crippen LogP contribution in [0.4, 0.5) is 10.1 Å². The van der Waals surface area contributed by atoms with Gasteiger partial charge in [0.25, 0.3) is 5.56 Å². The van der Waals surface area contributed by atoms with Crippen molar-refractivity contribution >= 4 is 22.4 Å². The number of hydrogen-bond donors (Lipinski definition) is 0. The number of piperazine rings is 1. The molecule has 0 N–H and O–H groups in total. The minimum Gasteiger partial charge on any atom is -0.364 e. The average molecular weight is 492 g/mol. The highest BCUT2D eigenvalue weighted by Crippen LogP contribution is 2.33. The van der Waals surface area contributed by atoms with Gasteiger partial charge < -0.3 is 9.47 Å². The van der Waals surface area contributed by atoms with Gasteiger partial charge in [0.15, 0.2) is 11.5 Å². The van der Waals surface area contributed by atoms with E-state index in [0.717, 1.165) is 24.3 Å². The molecule has 0 aliphatic carbocycles. The third-order valence-electron chi connectivity index (χ3n) is 7.37. The lowest BCUT2D eigenvalue weighted by molar-refractivity contribution is 0.104. The summed E-state index contributed by atoms with van der Waals surface area (Å²) in [6, 6.07) is 5.90.